The van der Waals surface area contributed by atoms with Gasteiger partial charge in [0.05, 0.1) is 4.70 Å². The van der Waals surface area contributed by atoms with Gasteiger partial charge in [-0.2, -0.15) is 4.37 Å². The number of aromatic nitrogens is 1. The monoisotopic (exact) mass is 548 g/mol. The number of hydrogen-bond acceptors (Lipinski definition) is 6. The molecule has 0 atom stereocenters. The third-order valence-electron chi connectivity index (χ3n) is 7.46. The molecule has 4 N–H and O–H groups in total. The maximum absolute atomic E-state index is 12.6. The number of piperidine rings is 1. The SMILES string of the molecule is Cl.Cl.O.O.O=C1CC2(CCCC2)CC(=O)N1CCCCN1CCN(c2nsc3ccccc23)CC1. The quantitative estimate of drug-likeness (QED) is 0.405. The van der Waals surface area contributed by atoms with E-state index >= 15 is 0 Å². The molecule has 198 valence electrons. The summed E-state index contributed by atoms with van der Waals surface area (Å²) in [5.74, 6) is 1.27. The molecule has 2 amide bonds. The van der Waals surface area contributed by atoms with Crippen molar-refractivity contribution in [3.63, 3.8) is 0 Å². The van der Waals surface area contributed by atoms with Crippen molar-refractivity contribution in [3.05, 3.63) is 24.3 Å². The Morgan fingerprint density at radius 1 is 0.857 bits per heavy atom. The normalized spacial score (nSPS) is 19.7. The van der Waals surface area contributed by atoms with Gasteiger partial charge in [-0.05, 0) is 61.3 Å². The number of rotatable bonds is 6. The van der Waals surface area contributed by atoms with Crippen LogP contribution >= 0.6 is 36.3 Å². The first-order valence-corrected chi connectivity index (χ1v) is 12.6. The molecule has 5 rings (SSSR count). The molecule has 3 aliphatic rings. The second-order valence-electron chi connectivity index (χ2n) is 9.54. The Morgan fingerprint density at radius 3 is 2.11 bits per heavy atom. The Morgan fingerprint density at radius 2 is 1.46 bits per heavy atom. The molecule has 35 heavy (non-hydrogen) atoms. The lowest BCUT2D eigenvalue weighted by atomic mass is 9.76. The number of likely N-dealkylation sites (tertiary alicyclic amines) is 1. The minimum atomic E-state index is 0. The van der Waals surface area contributed by atoms with Crippen molar-refractivity contribution < 1.29 is 20.5 Å². The smallest absolute Gasteiger partial charge is 0.229 e. The number of benzene rings is 1. The van der Waals surface area contributed by atoms with Gasteiger partial charge in [0, 0.05) is 51.0 Å². The molecule has 1 aliphatic carbocycles. The molecule has 1 spiro atoms. The van der Waals surface area contributed by atoms with Gasteiger partial charge in [-0.1, -0.05) is 25.0 Å². The van der Waals surface area contributed by atoms with E-state index < -0.39 is 0 Å². The fourth-order valence-corrected chi connectivity index (χ4v) is 6.45. The Bertz CT molecular complexity index is 942. The number of fused-ring (bicyclic) bond motifs is 1. The van der Waals surface area contributed by atoms with Gasteiger partial charge in [-0.15, -0.1) is 24.8 Å². The minimum absolute atomic E-state index is 0. The highest BCUT2D eigenvalue weighted by atomic mass is 35.5. The summed E-state index contributed by atoms with van der Waals surface area (Å²) in [4.78, 5) is 31.6. The second kappa shape index (κ2) is 13.7. The highest BCUT2D eigenvalue weighted by Gasteiger charge is 2.44. The molecule has 0 bridgehead atoms. The standard InChI is InChI=1S/C24H32N4O2S.2ClH.2H2O/c29-21-17-24(9-3-4-10-24)18-22(30)28(21)12-6-5-11-26-13-15-27(16-14-26)23-19-7-1-2-8-20(19)31-25-23;;;;/h1-2,7-8H,3-6,9-18H2;2*1H;2*1H2. The van der Waals surface area contributed by atoms with Gasteiger partial charge >= 0.3 is 0 Å². The third-order valence-corrected chi connectivity index (χ3v) is 8.27. The van der Waals surface area contributed by atoms with Gasteiger partial charge in [-0.3, -0.25) is 19.4 Å². The summed E-state index contributed by atoms with van der Waals surface area (Å²) < 4.78 is 5.94. The lowest BCUT2D eigenvalue weighted by Gasteiger charge is -2.37. The topological polar surface area (TPSA) is 120 Å². The average molecular weight is 550 g/mol. The van der Waals surface area contributed by atoms with E-state index in [1.165, 1.54) is 22.9 Å². The summed E-state index contributed by atoms with van der Waals surface area (Å²) in [5.41, 5.74) is 0.00692. The lowest BCUT2D eigenvalue weighted by Crippen LogP contribution is -2.48. The molecule has 8 nitrogen and oxygen atoms in total. The molecular formula is C24H38Cl2N4O4S. The number of halogens is 2. The van der Waals surface area contributed by atoms with Crippen LogP contribution in [0.3, 0.4) is 0 Å². The summed E-state index contributed by atoms with van der Waals surface area (Å²) in [6.07, 6.45) is 7.57. The van der Waals surface area contributed by atoms with Crippen molar-refractivity contribution >= 4 is 64.1 Å². The predicted molar refractivity (Wildman–Crippen MR) is 146 cm³/mol. The van der Waals surface area contributed by atoms with Crippen molar-refractivity contribution in [3.8, 4) is 0 Å². The van der Waals surface area contributed by atoms with Crippen molar-refractivity contribution in [2.24, 2.45) is 5.41 Å². The summed E-state index contributed by atoms with van der Waals surface area (Å²) in [5, 5.41) is 1.26. The van der Waals surface area contributed by atoms with Gasteiger partial charge in [0.25, 0.3) is 0 Å². The summed E-state index contributed by atoms with van der Waals surface area (Å²) >= 11 is 1.58. The maximum atomic E-state index is 12.6. The molecule has 3 fully saturated rings. The molecule has 2 saturated heterocycles. The summed E-state index contributed by atoms with van der Waals surface area (Å²) in [6, 6.07) is 8.46. The molecule has 1 aromatic heterocycles. The molecule has 3 heterocycles. The Balaban J connectivity index is 0.00000153. The van der Waals surface area contributed by atoms with E-state index in [0.717, 1.165) is 64.2 Å². The van der Waals surface area contributed by atoms with Crippen LogP contribution in [0.5, 0.6) is 0 Å². The van der Waals surface area contributed by atoms with Crippen LogP contribution in [0.15, 0.2) is 24.3 Å². The predicted octanol–water partition coefficient (Wildman–Crippen LogP) is 3.10. The number of imide groups is 1. The van der Waals surface area contributed by atoms with Crippen LogP contribution < -0.4 is 4.90 Å². The zero-order chi connectivity index (χ0) is 21.3. The third kappa shape index (κ3) is 6.84. The number of unbranched alkanes of at least 4 members (excludes halogenated alkanes) is 1. The number of piperazine rings is 1. The van der Waals surface area contributed by atoms with Crippen LogP contribution in [0.1, 0.15) is 51.4 Å². The number of amides is 2. The molecular weight excluding hydrogens is 511 g/mol. The highest BCUT2D eigenvalue weighted by Crippen LogP contribution is 2.46. The van der Waals surface area contributed by atoms with E-state index in [4.69, 9.17) is 4.37 Å². The van der Waals surface area contributed by atoms with Gasteiger partial charge < -0.3 is 15.9 Å². The largest absolute Gasteiger partial charge is 0.412 e. The number of nitrogens with zero attached hydrogens (tertiary/aromatic N) is 4. The maximum Gasteiger partial charge on any atom is 0.229 e. The Kier molecular flexibility index (Phi) is 12.4. The zero-order valence-corrected chi connectivity index (χ0v) is 22.5. The van der Waals surface area contributed by atoms with E-state index in [1.54, 1.807) is 16.4 Å². The van der Waals surface area contributed by atoms with Gasteiger partial charge in [-0.25, -0.2) is 0 Å². The fraction of sp³-hybridized carbons (Fsp3) is 0.625. The number of hydrogen-bond donors (Lipinski definition) is 0. The van der Waals surface area contributed by atoms with Crippen molar-refractivity contribution in [1.29, 1.82) is 0 Å². The van der Waals surface area contributed by atoms with E-state index in [-0.39, 0.29) is 53.0 Å². The second-order valence-corrected chi connectivity index (χ2v) is 10.3. The summed E-state index contributed by atoms with van der Waals surface area (Å²) in [6.45, 7) is 5.70. The fourth-order valence-electron chi connectivity index (χ4n) is 5.65. The lowest BCUT2D eigenvalue weighted by molar-refractivity contribution is -0.153. The van der Waals surface area contributed by atoms with Crippen LogP contribution in [0, 0.1) is 5.41 Å². The Labute approximate surface area is 223 Å². The van der Waals surface area contributed by atoms with Crippen LogP contribution in [-0.2, 0) is 9.59 Å². The first-order chi connectivity index (χ1) is 15.1. The zero-order valence-electron chi connectivity index (χ0n) is 20.0. The number of anilines is 1. The van der Waals surface area contributed by atoms with Crippen molar-refractivity contribution in [1.82, 2.24) is 14.2 Å². The van der Waals surface area contributed by atoms with Gasteiger partial charge in [0.1, 0.15) is 5.82 Å². The highest BCUT2D eigenvalue weighted by molar-refractivity contribution is 7.13. The van der Waals surface area contributed by atoms with Crippen LogP contribution in [0.25, 0.3) is 10.1 Å². The van der Waals surface area contributed by atoms with Gasteiger partial charge in [0.15, 0.2) is 0 Å². The molecule has 2 aliphatic heterocycles. The van der Waals surface area contributed by atoms with Crippen LogP contribution in [-0.4, -0.2) is 76.2 Å². The number of carbonyl (C=O) groups excluding carboxylic acids is 2. The van der Waals surface area contributed by atoms with E-state index in [1.807, 2.05) is 0 Å². The first kappa shape index (κ1) is 31.5. The van der Waals surface area contributed by atoms with Crippen molar-refractivity contribution in [2.45, 2.75) is 51.4 Å². The van der Waals surface area contributed by atoms with Gasteiger partial charge in [0.2, 0.25) is 11.8 Å². The van der Waals surface area contributed by atoms with E-state index in [0.29, 0.717) is 19.4 Å². The molecule has 2 aromatic rings. The molecule has 1 aromatic carbocycles. The number of carbonyl (C=O) groups is 2. The summed E-state index contributed by atoms with van der Waals surface area (Å²) in [7, 11) is 0. The first-order valence-electron chi connectivity index (χ1n) is 11.8. The average Bonchev–Trinajstić information content (AvgIpc) is 3.40. The van der Waals surface area contributed by atoms with Crippen molar-refractivity contribution in [2.75, 3.05) is 44.2 Å². The van der Waals surface area contributed by atoms with Crippen LogP contribution in [0.4, 0.5) is 5.82 Å². The van der Waals surface area contributed by atoms with E-state index in [9.17, 15) is 9.59 Å². The molecule has 1 saturated carbocycles. The van der Waals surface area contributed by atoms with E-state index in [2.05, 4.69) is 34.1 Å². The minimum Gasteiger partial charge on any atom is -0.412 e. The molecule has 11 heteroatoms. The van der Waals surface area contributed by atoms with Crippen LogP contribution in [0.2, 0.25) is 0 Å². The Hall–Kier alpha value is -1.49. The molecule has 0 radical (unpaired) electrons. The molecule has 0 unspecified atom stereocenters.